The Morgan fingerprint density at radius 1 is 1.30 bits per heavy atom. The van der Waals surface area contributed by atoms with Gasteiger partial charge in [-0.1, -0.05) is 12.1 Å². The van der Waals surface area contributed by atoms with Gasteiger partial charge in [-0.2, -0.15) is 0 Å². The minimum atomic E-state index is 0.759. The number of aromatic amines is 1. The topological polar surface area (TPSA) is 50.8 Å². The summed E-state index contributed by atoms with van der Waals surface area (Å²) < 4.78 is 5.38. The third-order valence-electron chi connectivity index (χ3n) is 3.19. The molecule has 0 saturated heterocycles. The van der Waals surface area contributed by atoms with Crippen molar-refractivity contribution in [1.29, 1.82) is 0 Å². The molecule has 0 saturated carbocycles. The van der Waals surface area contributed by atoms with Gasteiger partial charge in [0.15, 0.2) is 0 Å². The van der Waals surface area contributed by atoms with Crippen LogP contribution in [0.15, 0.2) is 36.0 Å². The molecule has 20 heavy (non-hydrogen) atoms. The Kier molecular flexibility index (Phi) is 3.52. The molecule has 3 aromatic rings. The Labute approximate surface area is 121 Å². The Morgan fingerprint density at radius 3 is 2.90 bits per heavy atom. The van der Waals surface area contributed by atoms with E-state index in [4.69, 9.17) is 4.74 Å². The molecule has 3 rings (SSSR count). The van der Waals surface area contributed by atoms with E-state index in [0.29, 0.717) is 0 Å². The summed E-state index contributed by atoms with van der Waals surface area (Å²) in [6, 6.07) is 7.93. The summed E-state index contributed by atoms with van der Waals surface area (Å²) in [7, 11) is 1.68. The van der Waals surface area contributed by atoms with Gasteiger partial charge < -0.3 is 9.72 Å². The fraction of sp³-hybridized carbons (Fsp3) is 0.200. The van der Waals surface area contributed by atoms with Gasteiger partial charge in [-0.05, 0) is 19.1 Å². The van der Waals surface area contributed by atoms with Gasteiger partial charge in [0.25, 0.3) is 0 Å². The highest BCUT2D eigenvalue weighted by Gasteiger charge is 2.11. The van der Waals surface area contributed by atoms with Crippen LogP contribution in [-0.2, 0) is 6.42 Å². The zero-order valence-electron chi connectivity index (χ0n) is 11.4. The van der Waals surface area contributed by atoms with Crippen LogP contribution in [0.1, 0.15) is 16.4 Å². The normalized spacial score (nSPS) is 10.7. The molecule has 0 aliphatic carbocycles. The highest BCUT2D eigenvalue weighted by Crippen LogP contribution is 2.30. The molecule has 4 nitrogen and oxygen atoms in total. The molecule has 2 aromatic heterocycles. The van der Waals surface area contributed by atoms with Crippen molar-refractivity contribution in [3.05, 3.63) is 52.4 Å². The zero-order valence-corrected chi connectivity index (χ0v) is 12.2. The van der Waals surface area contributed by atoms with E-state index in [2.05, 4.69) is 20.3 Å². The molecule has 0 aliphatic heterocycles. The van der Waals surface area contributed by atoms with E-state index in [0.717, 1.165) is 39.8 Å². The number of nitrogens with zero attached hydrogens (tertiary/aromatic N) is 2. The van der Waals surface area contributed by atoms with Crippen LogP contribution in [0.25, 0.3) is 11.3 Å². The number of aryl methyl sites for hydroxylation is 1. The lowest BCUT2D eigenvalue weighted by Gasteiger charge is -2.04. The van der Waals surface area contributed by atoms with Crippen LogP contribution in [0.5, 0.6) is 5.75 Å². The largest absolute Gasteiger partial charge is 0.496 e. The number of hydrogen-bond donors (Lipinski definition) is 1. The van der Waals surface area contributed by atoms with Crippen LogP contribution in [0, 0.1) is 6.92 Å². The molecule has 0 bridgehead atoms. The summed E-state index contributed by atoms with van der Waals surface area (Å²) in [4.78, 5) is 12.1. The smallest absolute Gasteiger partial charge is 0.128 e. The van der Waals surface area contributed by atoms with Crippen molar-refractivity contribution in [2.45, 2.75) is 13.3 Å². The van der Waals surface area contributed by atoms with Crippen molar-refractivity contribution >= 4 is 11.3 Å². The number of thiazole rings is 1. The van der Waals surface area contributed by atoms with Gasteiger partial charge in [-0.3, -0.25) is 0 Å². The molecule has 0 aliphatic rings. The Hall–Kier alpha value is -2.14. The van der Waals surface area contributed by atoms with E-state index in [-0.39, 0.29) is 0 Å². The van der Waals surface area contributed by atoms with E-state index in [1.54, 1.807) is 24.8 Å². The van der Waals surface area contributed by atoms with E-state index in [1.165, 1.54) is 0 Å². The summed E-state index contributed by atoms with van der Waals surface area (Å²) in [6.07, 6.45) is 2.48. The minimum absolute atomic E-state index is 0.759. The standard InChI is InChI=1S/C15H15N3OS/c1-10-12(17-9-16-10)7-15-18-13(8-20-15)11-5-3-4-6-14(11)19-2/h3-6,8-9H,7H2,1-2H3,(H,16,17). The number of hydrogen-bond acceptors (Lipinski definition) is 4. The van der Waals surface area contributed by atoms with Crippen LogP contribution in [0.4, 0.5) is 0 Å². The molecule has 102 valence electrons. The zero-order chi connectivity index (χ0) is 13.9. The molecule has 0 amide bonds. The predicted molar refractivity (Wildman–Crippen MR) is 80.2 cm³/mol. The maximum atomic E-state index is 5.38. The van der Waals surface area contributed by atoms with Gasteiger partial charge in [0.1, 0.15) is 5.75 Å². The molecule has 5 heteroatoms. The van der Waals surface area contributed by atoms with Crippen molar-refractivity contribution in [2.24, 2.45) is 0 Å². The molecule has 0 atom stereocenters. The van der Waals surface area contributed by atoms with E-state index < -0.39 is 0 Å². The Bertz CT molecular complexity index is 717. The quantitative estimate of drug-likeness (QED) is 0.799. The number of methoxy groups -OCH3 is 1. The van der Waals surface area contributed by atoms with Crippen LogP contribution in [0.3, 0.4) is 0 Å². The number of para-hydroxylation sites is 1. The number of rotatable bonds is 4. The first kappa shape index (κ1) is 12.9. The van der Waals surface area contributed by atoms with Crippen molar-refractivity contribution in [3.63, 3.8) is 0 Å². The fourth-order valence-corrected chi connectivity index (χ4v) is 2.88. The Balaban J connectivity index is 1.89. The van der Waals surface area contributed by atoms with Crippen molar-refractivity contribution in [3.8, 4) is 17.0 Å². The maximum Gasteiger partial charge on any atom is 0.128 e. The van der Waals surface area contributed by atoms with E-state index in [9.17, 15) is 0 Å². The lowest BCUT2D eigenvalue weighted by atomic mass is 10.1. The summed E-state index contributed by atoms with van der Waals surface area (Å²) in [6.45, 7) is 2.02. The molecule has 1 aromatic carbocycles. The summed E-state index contributed by atoms with van der Waals surface area (Å²) in [5.74, 6) is 0.848. The van der Waals surface area contributed by atoms with E-state index >= 15 is 0 Å². The third-order valence-corrected chi connectivity index (χ3v) is 4.04. The lowest BCUT2D eigenvalue weighted by Crippen LogP contribution is -1.91. The van der Waals surface area contributed by atoms with E-state index in [1.807, 2.05) is 31.2 Å². The molecule has 1 N–H and O–H groups in total. The number of benzene rings is 1. The van der Waals surface area contributed by atoms with Crippen molar-refractivity contribution in [2.75, 3.05) is 7.11 Å². The molecular weight excluding hydrogens is 270 g/mol. The van der Waals surface area contributed by atoms with Crippen LogP contribution in [-0.4, -0.2) is 22.1 Å². The first-order valence-corrected chi connectivity index (χ1v) is 7.22. The highest BCUT2D eigenvalue weighted by atomic mass is 32.1. The number of H-pyrrole nitrogens is 1. The lowest BCUT2D eigenvalue weighted by molar-refractivity contribution is 0.416. The van der Waals surface area contributed by atoms with Crippen molar-refractivity contribution < 1.29 is 4.74 Å². The third kappa shape index (κ3) is 2.44. The van der Waals surface area contributed by atoms with Gasteiger partial charge in [0.05, 0.1) is 29.8 Å². The van der Waals surface area contributed by atoms with Crippen molar-refractivity contribution in [1.82, 2.24) is 15.0 Å². The van der Waals surface area contributed by atoms with Gasteiger partial charge in [0.2, 0.25) is 0 Å². The molecule has 0 fully saturated rings. The summed E-state index contributed by atoms with van der Waals surface area (Å²) in [5.41, 5.74) is 4.12. The number of nitrogens with one attached hydrogen (secondary N) is 1. The van der Waals surface area contributed by atoms with Gasteiger partial charge in [0, 0.05) is 23.1 Å². The predicted octanol–water partition coefficient (Wildman–Crippen LogP) is 3.44. The van der Waals surface area contributed by atoms with Crippen LogP contribution in [0.2, 0.25) is 0 Å². The monoisotopic (exact) mass is 285 g/mol. The van der Waals surface area contributed by atoms with Gasteiger partial charge in [-0.25, -0.2) is 9.97 Å². The SMILES string of the molecule is COc1ccccc1-c1csc(Cc2nc[nH]c2C)n1. The highest BCUT2D eigenvalue weighted by molar-refractivity contribution is 7.10. The first-order chi connectivity index (χ1) is 9.78. The maximum absolute atomic E-state index is 5.38. The molecule has 0 radical (unpaired) electrons. The molecule has 0 spiro atoms. The molecule has 0 unspecified atom stereocenters. The second-order valence-electron chi connectivity index (χ2n) is 4.48. The Morgan fingerprint density at radius 2 is 2.15 bits per heavy atom. The van der Waals surface area contributed by atoms with Crippen LogP contribution < -0.4 is 4.74 Å². The minimum Gasteiger partial charge on any atom is -0.496 e. The van der Waals surface area contributed by atoms with Crippen LogP contribution >= 0.6 is 11.3 Å². The summed E-state index contributed by atoms with van der Waals surface area (Å²) in [5, 5.41) is 3.12. The molecular formula is C15H15N3OS. The number of aromatic nitrogens is 3. The average Bonchev–Trinajstić information content (AvgIpc) is 3.09. The number of ether oxygens (including phenoxy) is 1. The second-order valence-corrected chi connectivity index (χ2v) is 5.42. The van der Waals surface area contributed by atoms with Gasteiger partial charge >= 0.3 is 0 Å². The summed E-state index contributed by atoms with van der Waals surface area (Å²) >= 11 is 1.65. The second kappa shape index (κ2) is 5.46. The fourth-order valence-electron chi connectivity index (χ4n) is 2.08. The number of imidazole rings is 1. The van der Waals surface area contributed by atoms with Gasteiger partial charge in [-0.15, -0.1) is 11.3 Å². The average molecular weight is 285 g/mol. The molecule has 2 heterocycles. The first-order valence-electron chi connectivity index (χ1n) is 6.34.